The van der Waals surface area contributed by atoms with E-state index in [0.717, 1.165) is 18.2 Å². The Kier molecular flexibility index (Phi) is 3.91. The maximum Gasteiger partial charge on any atom is 0.119 e. The SMILES string of the molecule is COc1cccc(C2(CNC(C)(C)C)CC(C)C2)c1. The third kappa shape index (κ3) is 3.30. The van der Waals surface area contributed by atoms with Crippen molar-refractivity contribution in [1.29, 1.82) is 0 Å². The summed E-state index contributed by atoms with van der Waals surface area (Å²) in [5.41, 5.74) is 1.88. The number of benzene rings is 1. The first-order chi connectivity index (χ1) is 8.85. The summed E-state index contributed by atoms with van der Waals surface area (Å²) in [6.07, 6.45) is 2.53. The Morgan fingerprint density at radius 3 is 2.53 bits per heavy atom. The van der Waals surface area contributed by atoms with Gasteiger partial charge in [-0.2, -0.15) is 0 Å². The summed E-state index contributed by atoms with van der Waals surface area (Å²) < 4.78 is 5.37. The summed E-state index contributed by atoms with van der Waals surface area (Å²) >= 11 is 0. The number of hydrogen-bond donors (Lipinski definition) is 1. The molecular weight excluding hydrogens is 234 g/mol. The minimum absolute atomic E-state index is 0.171. The lowest BCUT2D eigenvalue weighted by atomic mass is 9.59. The fourth-order valence-electron chi connectivity index (χ4n) is 3.14. The van der Waals surface area contributed by atoms with Crippen molar-refractivity contribution in [3.63, 3.8) is 0 Å². The van der Waals surface area contributed by atoms with Crippen molar-refractivity contribution in [2.24, 2.45) is 5.92 Å². The molecule has 0 radical (unpaired) electrons. The first kappa shape index (κ1) is 14.4. The van der Waals surface area contributed by atoms with Crippen molar-refractivity contribution in [3.8, 4) is 5.75 Å². The van der Waals surface area contributed by atoms with Crippen LogP contribution in [0, 0.1) is 5.92 Å². The van der Waals surface area contributed by atoms with Crippen LogP contribution in [0.3, 0.4) is 0 Å². The number of rotatable bonds is 4. The Balaban J connectivity index is 2.19. The van der Waals surface area contributed by atoms with E-state index in [1.807, 2.05) is 6.07 Å². The van der Waals surface area contributed by atoms with Gasteiger partial charge in [-0.25, -0.2) is 0 Å². The first-order valence-electron chi connectivity index (χ1n) is 7.24. The molecule has 2 nitrogen and oxygen atoms in total. The Morgan fingerprint density at radius 1 is 1.32 bits per heavy atom. The van der Waals surface area contributed by atoms with Crippen LogP contribution in [0.2, 0.25) is 0 Å². The molecular formula is C17H27NO. The molecule has 1 fully saturated rings. The van der Waals surface area contributed by atoms with Crippen LogP contribution in [0.4, 0.5) is 0 Å². The molecule has 0 heterocycles. The molecule has 19 heavy (non-hydrogen) atoms. The molecule has 0 bridgehead atoms. The van der Waals surface area contributed by atoms with Gasteiger partial charge >= 0.3 is 0 Å². The smallest absolute Gasteiger partial charge is 0.119 e. The second-order valence-electron chi connectivity index (χ2n) is 7.13. The highest BCUT2D eigenvalue weighted by Gasteiger charge is 2.43. The van der Waals surface area contributed by atoms with Crippen molar-refractivity contribution in [3.05, 3.63) is 29.8 Å². The predicted molar refractivity (Wildman–Crippen MR) is 80.8 cm³/mol. The van der Waals surface area contributed by atoms with Crippen molar-refractivity contribution in [2.45, 2.75) is 51.5 Å². The monoisotopic (exact) mass is 261 g/mol. The molecule has 1 aliphatic carbocycles. The average molecular weight is 261 g/mol. The zero-order chi connectivity index (χ0) is 14.1. The summed E-state index contributed by atoms with van der Waals surface area (Å²) in [5.74, 6) is 1.79. The van der Waals surface area contributed by atoms with Gasteiger partial charge in [-0.05, 0) is 57.2 Å². The Hall–Kier alpha value is -1.02. The molecule has 0 spiro atoms. The highest BCUT2D eigenvalue weighted by atomic mass is 16.5. The van der Waals surface area contributed by atoms with Gasteiger partial charge in [0, 0.05) is 17.5 Å². The van der Waals surface area contributed by atoms with Crippen LogP contribution in [0.25, 0.3) is 0 Å². The van der Waals surface area contributed by atoms with Gasteiger partial charge in [-0.15, -0.1) is 0 Å². The van der Waals surface area contributed by atoms with Crippen LogP contribution in [-0.2, 0) is 5.41 Å². The minimum Gasteiger partial charge on any atom is -0.497 e. The van der Waals surface area contributed by atoms with Crippen LogP contribution in [0.5, 0.6) is 5.75 Å². The molecule has 0 aliphatic heterocycles. The Morgan fingerprint density at radius 2 is 2.00 bits per heavy atom. The maximum atomic E-state index is 5.37. The van der Waals surface area contributed by atoms with Crippen LogP contribution in [0.1, 0.15) is 46.1 Å². The molecule has 1 saturated carbocycles. The van der Waals surface area contributed by atoms with E-state index in [9.17, 15) is 0 Å². The molecule has 0 saturated heterocycles. The fourth-order valence-corrected chi connectivity index (χ4v) is 3.14. The minimum atomic E-state index is 0.171. The van der Waals surface area contributed by atoms with Gasteiger partial charge in [0.25, 0.3) is 0 Å². The van der Waals surface area contributed by atoms with Gasteiger partial charge in [0.05, 0.1) is 7.11 Å². The summed E-state index contributed by atoms with van der Waals surface area (Å²) in [4.78, 5) is 0. The number of methoxy groups -OCH3 is 1. The van der Waals surface area contributed by atoms with Crippen LogP contribution in [-0.4, -0.2) is 19.2 Å². The van der Waals surface area contributed by atoms with E-state index in [-0.39, 0.29) is 5.54 Å². The lowest BCUT2D eigenvalue weighted by molar-refractivity contribution is 0.141. The molecule has 1 aromatic rings. The molecule has 1 aromatic carbocycles. The fraction of sp³-hybridized carbons (Fsp3) is 0.647. The molecule has 0 atom stereocenters. The molecule has 106 valence electrons. The normalized spacial score (nSPS) is 26.9. The number of nitrogens with one attached hydrogen (secondary N) is 1. The zero-order valence-corrected chi connectivity index (χ0v) is 12.9. The molecule has 0 aromatic heterocycles. The topological polar surface area (TPSA) is 21.3 Å². The van der Waals surface area contributed by atoms with Crippen LogP contribution >= 0.6 is 0 Å². The quantitative estimate of drug-likeness (QED) is 0.891. The number of ether oxygens (including phenoxy) is 1. The Bertz CT molecular complexity index is 427. The van der Waals surface area contributed by atoms with E-state index in [1.54, 1.807) is 7.11 Å². The lowest BCUT2D eigenvalue weighted by Crippen LogP contribution is -2.52. The van der Waals surface area contributed by atoms with E-state index in [0.29, 0.717) is 5.41 Å². The highest BCUT2D eigenvalue weighted by molar-refractivity contribution is 5.36. The molecule has 1 N–H and O–H groups in total. The van der Waals surface area contributed by atoms with Crippen molar-refractivity contribution >= 4 is 0 Å². The van der Waals surface area contributed by atoms with Gasteiger partial charge in [-0.1, -0.05) is 19.1 Å². The highest BCUT2D eigenvalue weighted by Crippen LogP contribution is 2.48. The number of hydrogen-bond acceptors (Lipinski definition) is 2. The third-order valence-electron chi connectivity index (χ3n) is 4.12. The van der Waals surface area contributed by atoms with Crippen molar-refractivity contribution in [2.75, 3.05) is 13.7 Å². The second kappa shape index (κ2) is 5.16. The largest absolute Gasteiger partial charge is 0.497 e. The Labute approximate surface area is 117 Å². The first-order valence-corrected chi connectivity index (χ1v) is 7.24. The average Bonchev–Trinajstić information content (AvgIpc) is 2.32. The van der Waals surface area contributed by atoms with Gasteiger partial charge < -0.3 is 10.1 Å². The third-order valence-corrected chi connectivity index (χ3v) is 4.12. The molecule has 2 rings (SSSR count). The van der Waals surface area contributed by atoms with Gasteiger partial charge in [-0.3, -0.25) is 0 Å². The van der Waals surface area contributed by atoms with Crippen molar-refractivity contribution in [1.82, 2.24) is 5.32 Å². The summed E-state index contributed by atoms with van der Waals surface area (Å²) in [6, 6.07) is 8.58. The van der Waals surface area contributed by atoms with Gasteiger partial charge in [0.15, 0.2) is 0 Å². The van der Waals surface area contributed by atoms with Crippen molar-refractivity contribution < 1.29 is 4.74 Å². The second-order valence-corrected chi connectivity index (χ2v) is 7.13. The standard InChI is InChI=1S/C17H27NO/c1-13-10-17(11-13,12-18-16(2,3)4)14-7-6-8-15(9-14)19-5/h6-9,13,18H,10-12H2,1-5H3. The van der Waals surface area contributed by atoms with E-state index < -0.39 is 0 Å². The van der Waals surface area contributed by atoms with E-state index in [1.165, 1.54) is 18.4 Å². The molecule has 2 heteroatoms. The van der Waals surface area contributed by atoms with Crippen LogP contribution < -0.4 is 10.1 Å². The van der Waals surface area contributed by atoms with E-state index in [4.69, 9.17) is 4.74 Å². The summed E-state index contributed by atoms with van der Waals surface area (Å²) in [5, 5.41) is 3.68. The summed E-state index contributed by atoms with van der Waals surface area (Å²) in [7, 11) is 1.74. The van der Waals surface area contributed by atoms with E-state index >= 15 is 0 Å². The zero-order valence-electron chi connectivity index (χ0n) is 12.9. The van der Waals surface area contributed by atoms with Crippen LogP contribution in [0.15, 0.2) is 24.3 Å². The molecule has 0 unspecified atom stereocenters. The summed E-state index contributed by atoms with van der Waals surface area (Å²) in [6.45, 7) is 10.1. The maximum absolute atomic E-state index is 5.37. The predicted octanol–water partition coefficient (Wildman–Crippen LogP) is 3.75. The van der Waals surface area contributed by atoms with Gasteiger partial charge in [0.1, 0.15) is 5.75 Å². The lowest BCUT2D eigenvalue weighted by Gasteiger charge is -2.48. The van der Waals surface area contributed by atoms with Gasteiger partial charge in [0.2, 0.25) is 0 Å². The van der Waals surface area contributed by atoms with E-state index in [2.05, 4.69) is 51.2 Å². The molecule has 0 amide bonds. The molecule has 1 aliphatic rings.